The standard InChI is InChI=1S/C14H16N4O/c1-9-4-3-5-11-12(9)13(17-8-16-11)18-7-6-15-14(19)10(18)2/h3-5,8,10H,6-7H2,1-2H3,(H,15,19). The van der Waals surface area contributed by atoms with Crippen LogP contribution < -0.4 is 10.2 Å². The van der Waals surface area contributed by atoms with Gasteiger partial charge in [-0.05, 0) is 25.5 Å². The van der Waals surface area contributed by atoms with Crippen molar-refractivity contribution in [1.82, 2.24) is 15.3 Å². The molecule has 0 spiro atoms. The Morgan fingerprint density at radius 1 is 1.37 bits per heavy atom. The molecule has 19 heavy (non-hydrogen) atoms. The predicted octanol–water partition coefficient (Wildman–Crippen LogP) is 1.26. The maximum absolute atomic E-state index is 11.8. The van der Waals surface area contributed by atoms with Gasteiger partial charge in [-0.3, -0.25) is 4.79 Å². The van der Waals surface area contributed by atoms with Crippen LogP contribution in [0, 0.1) is 6.92 Å². The van der Waals surface area contributed by atoms with Gasteiger partial charge in [0, 0.05) is 18.5 Å². The summed E-state index contributed by atoms with van der Waals surface area (Å²) in [4.78, 5) is 22.6. The Morgan fingerprint density at radius 3 is 3.05 bits per heavy atom. The summed E-state index contributed by atoms with van der Waals surface area (Å²) < 4.78 is 0. The summed E-state index contributed by atoms with van der Waals surface area (Å²) in [7, 11) is 0. The average molecular weight is 256 g/mol. The maximum Gasteiger partial charge on any atom is 0.242 e. The molecule has 98 valence electrons. The summed E-state index contributed by atoms with van der Waals surface area (Å²) in [5, 5.41) is 3.90. The Morgan fingerprint density at radius 2 is 2.21 bits per heavy atom. The number of nitrogens with zero attached hydrogens (tertiary/aromatic N) is 3. The van der Waals surface area contributed by atoms with Gasteiger partial charge in [0.1, 0.15) is 18.2 Å². The first kappa shape index (κ1) is 11.9. The molecule has 2 aromatic rings. The number of rotatable bonds is 1. The Kier molecular flexibility index (Phi) is 2.81. The molecule has 0 radical (unpaired) electrons. The third kappa shape index (κ3) is 1.91. The van der Waals surface area contributed by atoms with Crippen LogP contribution in [-0.4, -0.2) is 35.0 Å². The monoisotopic (exact) mass is 256 g/mol. The molecule has 1 N–H and O–H groups in total. The molecule has 1 aromatic heterocycles. The van der Waals surface area contributed by atoms with E-state index >= 15 is 0 Å². The molecular formula is C14H16N4O. The van der Waals surface area contributed by atoms with E-state index in [0.29, 0.717) is 6.54 Å². The van der Waals surface area contributed by atoms with Gasteiger partial charge in [-0.2, -0.15) is 0 Å². The van der Waals surface area contributed by atoms with Crippen molar-refractivity contribution in [3.8, 4) is 0 Å². The molecule has 1 aliphatic heterocycles. The van der Waals surface area contributed by atoms with Crippen molar-refractivity contribution in [2.75, 3.05) is 18.0 Å². The fraction of sp³-hybridized carbons (Fsp3) is 0.357. The van der Waals surface area contributed by atoms with E-state index < -0.39 is 0 Å². The van der Waals surface area contributed by atoms with Crippen LogP contribution in [0.4, 0.5) is 5.82 Å². The second-order valence-electron chi connectivity index (χ2n) is 4.83. The van der Waals surface area contributed by atoms with Crippen LogP contribution in [-0.2, 0) is 4.79 Å². The van der Waals surface area contributed by atoms with Crippen molar-refractivity contribution in [2.45, 2.75) is 19.9 Å². The van der Waals surface area contributed by atoms with E-state index in [1.807, 2.05) is 32.0 Å². The van der Waals surface area contributed by atoms with Crippen LogP contribution in [0.15, 0.2) is 24.5 Å². The van der Waals surface area contributed by atoms with Crippen molar-refractivity contribution in [3.05, 3.63) is 30.1 Å². The fourth-order valence-corrected chi connectivity index (χ4v) is 2.55. The lowest BCUT2D eigenvalue weighted by molar-refractivity contribution is -0.122. The largest absolute Gasteiger partial charge is 0.353 e. The summed E-state index contributed by atoms with van der Waals surface area (Å²) in [6.45, 7) is 5.37. The average Bonchev–Trinajstić information content (AvgIpc) is 2.42. The highest BCUT2D eigenvalue weighted by atomic mass is 16.2. The number of amides is 1. The number of anilines is 1. The summed E-state index contributed by atoms with van der Waals surface area (Å²) >= 11 is 0. The Bertz CT molecular complexity index is 635. The summed E-state index contributed by atoms with van der Waals surface area (Å²) in [6, 6.07) is 5.80. The lowest BCUT2D eigenvalue weighted by Gasteiger charge is -2.34. The molecule has 1 amide bonds. The molecular weight excluding hydrogens is 240 g/mol. The molecule has 1 unspecified atom stereocenters. The maximum atomic E-state index is 11.8. The molecule has 1 saturated heterocycles. The number of aromatic nitrogens is 2. The van der Waals surface area contributed by atoms with Crippen LogP contribution in [0.3, 0.4) is 0 Å². The first-order valence-corrected chi connectivity index (χ1v) is 6.43. The first-order valence-electron chi connectivity index (χ1n) is 6.43. The van der Waals surface area contributed by atoms with E-state index in [0.717, 1.165) is 28.8 Å². The molecule has 1 atom stereocenters. The third-order valence-electron chi connectivity index (χ3n) is 3.62. The van der Waals surface area contributed by atoms with E-state index in [1.54, 1.807) is 6.33 Å². The lowest BCUT2D eigenvalue weighted by Crippen LogP contribution is -2.54. The van der Waals surface area contributed by atoms with Crippen molar-refractivity contribution in [1.29, 1.82) is 0 Å². The zero-order valence-corrected chi connectivity index (χ0v) is 11.1. The van der Waals surface area contributed by atoms with Crippen molar-refractivity contribution in [2.24, 2.45) is 0 Å². The van der Waals surface area contributed by atoms with Crippen LogP contribution in [0.5, 0.6) is 0 Å². The topological polar surface area (TPSA) is 58.1 Å². The minimum atomic E-state index is -0.202. The second-order valence-corrected chi connectivity index (χ2v) is 4.83. The molecule has 5 heteroatoms. The van der Waals surface area contributed by atoms with Crippen LogP contribution in [0.1, 0.15) is 12.5 Å². The van der Waals surface area contributed by atoms with Gasteiger partial charge in [-0.25, -0.2) is 9.97 Å². The SMILES string of the molecule is Cc1cccc2ncnc(N3CCNC(=O)C3C)c12. The van der Waals surface area contributed by atoms with Crippen molar-refractivity contribution < 1.29 is 4.79 Å². The highest BCUT2D eigenvalue weighted by Gasteiger charge is 2.27. The van der Waals surface area contributed by atoms with Gasteiger partial charge in [0.25, 0.3) is 0 Å². The van der Waals surface area contributed by atoms with Gasteiger partial charge < -0.3 is 10.2 Å². The predicted molar refractivity (Wildman–Crippen MR) is 74.1 cm³/mol. The van der Waals surface area contributed by atoms with Gasteiger partial charge >= 0.3 is 0 Å². The normalized spacial score (nSPS) is 19.6. The zero-order valence-electron chi connectivity index (χ0n) is 11.1. The number of piperazine rings is 1. The van der Waals surface area contributed by atoms with E-state index in [1.165, 1.54) is 0 Å². The van der Waals surface area contributed by atoms with Crippen molar-refractivity contribution >= 4 is 22.6 Å². The Labute approximate surface area is 111 Å². The highest BCUT2D eigenvalue weighted by molar-refractivity contribution is 5.95. The molecule has 0 aliphatic carbocycles. The molecule has 1 fully saturated rings. The quantitative estimate of drug-likeness (QED) is 0.834. The number of nitrogens with one attached hydrogen (secondary N) is 1. The van der Waals surface area contributed by atoms with Crippen LogP contribution in [0.25, 0.3) is 10.9 Å². The third-order valence-corrected chi connectivity index (χ3v) is 3.62. The number of hydrogen-bond acceptors (Lipinski definition) is 4. The number of carbonyl (C=O) groups excluding carboxylic acids is 1. The van der Waals surface area contributed by atoms with Gasteiger partial charge in [0.2, 0.25) is 5.91 Å². The molecule has 1 aromatic carbocycles. The minimum absolute atomic E-state index is 0.0478. The molecule has 5 nitrogen and oxygen atoms in total. The highest BCUT2D eigenvalue weighted by Crippen LogP contribution is 2.27. The Hall–Kier alpha value is -2.17. The lowest BCUT2D eigenvalue weighted by atomic mass is 10.1. The number of carbonyl (C=O) groups is 1. The fourth-order valence-electron chi connectivity index (χ4n) is 2.55. The smallest absolute Gasteiger partial charge is 0.242 e. The van der Waals surface area contributed by atoms with Gasteiger partial charge in [-0.15, -0.1) is 0 Å². The van der Waals surface area contributed by atoms with Crippen LogP contribution in [0.2, 0.25) is 0 Å². The Balaban J connectivity index is 2.17. The van der Waals surface area contributed by atoms with Crippen molar-refractivity contribution in [3.63, 3.8) is 0 Å². The zero-order chi connectivity index (χ0) is 13.4. The summed E-state index contributed by atoms with van der Waals surface area (Å²) in [5.41, 5.74) is 2.05. The molecule has 3 rings (SSSR count). The number of hydrogen-bond donors (Lipinski definition) is 1. The minimum Gasteiger partial charge on any atom is -0.353 e. The van der Waals surface area contributed by atoms with Gasteiger partial charge in [0.15, 0.2) is 0 Å². The molecule has 0 saturated carbocycles. The first-order chi connectivity index (χ1) is 9.18. The summed E-state index contributed by atoms with van der Waals surface area (Å²) in [5.74, 6) is 0.900. The number of benzene rings is 1. The second kappa shape index (κ2) is 4.50. The number of aryl methyl sites for hydroxylation is 1. The van der Waals surface area contributed by atoms with E-state index in [-0.39, 0.29) is 11.9 Å². The number of fused-ring (bicyclic) bond motifs is 1. The van der Waals surface area contributed by atoms with E-state index in [4.69, 9.17) is 0 Å². The van der Waals surface area contributed by atoms with Gasteiger partial charge in [-0.1, -0.05) is 12.1 Å². The van der Waals surface area contributed by atoms with E-state index in [9.17, 15) is 4.79 Å². The van der Waals surface area contributed by atoms with Gasteiger partial charge in [0.05, 0.1) is 5.52 Å². The molecule has 0 bridgehead atoms. The summed E-state index contributed by atoms with van der Waals surface area (Å²) in [6.07, 6.45) is 1.57. The molecule has 2 heterocycles. The van der Waals surface area contributed by atoms with E-state index in [2.05, 4.69) is 20.2 Å². The molecule has 1 aliphatic rings. The van der Waals surface area contributed by atoms with Crippen LogP contribution >= 0.6 is 0 Å².